The summed E-state index contributed by atoms with van der Waals surface area (Å²) in [6.45, 7) is 6.71. The van der Waals surface area contributed by atoms with Gasteiger partial charge >= 0.3 is 0 Å². The minimum atomic E-state index is 0.0847. The van der Waals surface area contributed by atoms with Crippen LogP contribution in [0.1, 0.15) is 34.7 Å². The lowest BCUT2D eigenvalue weighted by Gasteiger charge is -2.17. The van der Waals surface area contributed by atoms with E-state index in [0.29, 0.717) is 17.5 Å². The van der Waals surface area contributed by atoms with Gasteiger partial charge < -0.3 is 9.30 Å². The number of methoxy groups -OCH3 is 1. The first-order valence-electron chi connectivity index (χ1n) is 8.31. The maximum absolute atomic E-state index is 12.7. The highest BCUT2D eigenvalue weighted by molar-refractivity contribution is 7.99. The van der Waals surface area contributed by atoms with Gasteiger partial charge in [-0.05, 0) is 38.3 Å². The third kappa shape index (κ3) is 3.92. The van der Waals surface area contributed by atoms with Crippen LogP contribution < -0.4 is 0 Å². The lowest BCUT2D eigenvalue weighted by Crippen LogP contribution is -2.14. The summed E-state index contributed by atoms with van der Waals surface area (Å²) in [4.78, 5) is 18.2. The number of hydrogen-bond donors (Lipinski definition) is 1. The van der Waals surface area contributed by atoms with Crippen molar-refractivity contribution in [1.82, 2.24) is 19.7 Å². The molecule has 8 heteroatoms. The number of carbonyl (C=O) groups excluding carboxylic acids is 1. The van der Waals surface area contributed by atoms with Crippen LogP contribution in [0.25, 0.3) is 10.7 Å². The Morgan fingerprint density at radius 1 is 1.46 bits per heavy atom. The van der Waals surface area contributed by atoms with Crippen LogP contribution in [-0.2, 0) is 4.74 Å². The molecular weight excluding hydrogens is 368 g/mol. The third-order valence-electron chi connectivity index (χ3n) is 4.19. The largest absolute Gasteiger partial charge is 0.383 e. The Hall–Kier alpha value is -1.90. The molecule has 26 heavy (non-hydrogen) atoms. The van der Waals surface area contributed by atoms with Crippen LogP contribution in [0, 0.1) is 13.8 Å². The first kappa shape index (κ1) is 18.9. The van der Waals surface area contributed by atoms with E-state index in [0.717, 1.165) is 27.7 Å². The van der Waals surface area contributed by atoms with Gasteiger partial charge in [-0.2, -0.15) is 0 Å². The van der Waals surface area contributed by atoms with Crippen molar-refractivity contribution in [2.45, 2.75) is 32.0 Å². The monoisotopic (exact) mass is 390 g/mol. The van der Waals surface area contributed by atoms with E-state index in [1.165, 1.54) is 11.8 Å². The molecule has 3 rings (SSSR count). The fourth-order valence-corrected chi connectivity index (χ4v) is 4.44. The quantitative estimate of drug-likeness (QED) is 0.462. The zero-order chi connectivity index (χ0) is 18.7. The van der Waals surface area contributed by atoms with Crippen LogP contribution >= 0.6 is 23.1 Å². The molecule has 0 bridgehead atoms. The van der Waals surface area contributed by atoms with Crippen molar-refractivity contribution in [2.24, 2.45) is 0 Å². The van der Waals surface area contributed by atoms with Crippen LogP contribution in [-0.4, -0.2) is 45.0 Å². The Labute approximate surface area is 161 Å². The number of aromatic amines is 1. The van der Waals surface area contributed by atoms with Gasteiger partial charge in [-0.15, -0.1) is 16.4 Å². The average Bonchev–Trinajstić information content (AvgIpc) is 3.32. The van der Waals surface area contributed by atoms with Gasteiger partial charge in [-0.3, -0.25) is 9.89 Å². The van der Waals surface area contributed by atoms with E-state index in [1.54, 1.807) is 18.4 Å². The molecule has 0 aromatic carbocycles. The van der Waals surface area contributed by atoms with E-state index in [1.807, 2.05) is 37.4 Å². The fourth-order valence-electron chi connectivity index (χ4n) is 3.10. The van der Waals surface area contributed by atoms with Gasteiger partial charge in [0.05, 0.1) is 23.3 Å². The van der Waals surface area contributed by atoms with E-state index in [-0.39, 0.29) is 11.8 Å². The molecule has 3 heterocycles. The summed E-state index contributed by atoms with van der Waals surface area (Å²) in [6, 6.07) is 6.11. The predicted molar refractivity (Wildman–Crippen MR) is 105 cm³/mol. The number of ketones is 1. The molecule has 0 saturated carbocycles. The minimum absolute atomic E-state index is 0.0847. The van der Waals surface area contributed by atoms with Gasteiger partial charge in [-0.1, -0.05) is 17.8 Å². The van der Waals surface area contributed by atoms with Crippen LogP contribution in [0.4, 0.5) is 0 Å². The van der Waals surface area contributed by atoms with Crippen molar-refractivity contribution < 1.29 is 9.53 Å². The Morgan fingerprint density at radius 2 is 2.27 bits per heavy atom. The number of thiophene rings is 1. The van der Waals surface area contributed by atoms with E-state index in [9.17, 15) is 4.79 Å². The summed E-state index contributed by atoms with van der Waals surface area (Å²) < 4.78 is 7.40. The summed E-state index contributed by atoms with van der Waals surface area (Å²) >= 11 is 2.95. The number of H-pyrrole nitrogens is 1. The number of carbonyl (C=O) groups is 1. The second kappa shape index (κ2) is 8.20. The number of ether oxygens (including phenoxy) is 1. The van der Waals surface area contributed by atoms with Gasteiger partial charge in [0.25, 0.3) is 0 Å². The fraction of sp³-hybridized carbons (Fsp3) is 0.389. The van der Waals surface area contributed by atoms with Crippen molar-refractivity contribution in [3.63, 3.8) is 0 Å². The number of nitrogens with one attached hydrogen (secondary N) is 1. The van der Waals surface area contributed by atoms with E-state index in [4.69, 9.17) is 4.74 Å². The molecular formula is C18H22N4O2S2. The topological polar surface area (TPSA) is 72.8 Å². The third-order valence-corrected chi connectivity index (χ3v) is 5.91. The molecule has 0 aliphatic heterocycles. The number of thioether (sulfide) groups is 1. The number of aromatic nitrogens is 4. The molecule has 0 aliphatic rings. The first-order valence-corrected chi connectivity index (χ1v) is 10.2. The second-order valence-electron chi connectivity index (χ2n) is 6.11. The van der Waals surface area contributed by atoms with Crippen molar-refractivity contribution in [1.29, 1.82) is 0 Å². The molecule has 0 amide bonds. The number of aryl methyl sites for hydroxylation is 1. The summed E-state index contributed by atoms with van der Waals surface area (Å²) in [5.41, 5.74) is 2.80. The van der Waals surface area contributed by atoms with Crippen LogP contribution in [0.5, 0.6) is 0 Å². The maximum atomic E-state index is 12.7. The standard InChI is InChI=1S/C18H22N4O2S2/c1-11-8-14(13(3)22(11)12(2)9-24-4)15(23)10-26-18-19-17(20-21-18)16-6-5-7-25-16/h5-8,12H,9-10H2,1-4H3,(H,19,20,21)/t12-/m1/s1. The number of nitrogens with zero attached hydrogens (tertiary/aromatic N) is 3. The van der Waals surface area contributed by atoms with Crippen LogP contribution in [0.15, 0.2) is 28.7 Å². The molecule has 3 aromatic heterocycles. The minimum Gasteiger partial charge on any atom is -0.383 e. The number of Topliss-reactive ketones (excluding diaryl/α,β-unsaturated/α-hetero) is 1. The molecule has 6 nitrogen and oxygen atoms in total. The lowest BCUT2D eigenvalue weighted by atomic mass is 10.2. The smallest absolute Gasteiger partial charge is 0.209 e. The first-order chi connectivity index (χ1) is 12.5. The maximum Gasteiger partial charge on any atom is 0.209 e. The van der Waals surface area contributed by atoms with Crippen molar-refractivity contribution in [3.05, 3.63) is 40.5 Å². The highest BCUT2D eigenvalue weighted by Crippen LogP contribution is 2.25. The molecule has 0 fully saturated rings. The number of hydrogen-bond acceptors (Lipinski definition) is 6. The zero-order valence-electron chi connectivity index (χ0n) is 15.3. The van der Waals surface area contributed by atoms with Gasteiger partial charge in [0.1, 0.15) is 0 Å². The van der Waals surface area contributed by atoms with Gasteiger partial charge in [0.2, 0.25) is 5.16 Å². The highest BCUT2D eigenvalue weighted by atomic mass is 32.2. The molecule has 138 valence electrons. The Balaban J connectivity index is 1.68. The second-order valence-corrected chi connectivity index (χ2v) is 8.01. The molecule has 0 spiro atoms. The summed E-state index contributed by atoms with van der Waals surface area (Å²) in [5.74, 6) is 1.13. The highest BCUT2D eigenvalue weighted by Gasteiger charge is 2.19. The van der Waals surface area contributed by atoms with E-state index in [2.05, 4.69) is 26.7 Å². The molecule has 0 aliphatic carbocycles. The molecule has 0 saturated heterocycles. The normalized spacial score (nSPS) is 12.5. The predicted octanol–water partition coefficient (Wildman–Crippen LogP) is 4.13. The number of rotatable bonds is 8. The van der Waals surface area contributed by atoms with Crippen molar-refractivity contribution >= 4 is 28.9 Å². The van der Waals surface area contributed by atoms with Gasteiger partial charge in [0.15, 0.2) is 11.6 Å². The molecule has 1 N–H and O–H groups in total. The lowest BCUT2D eigenvalue weighted by molar-refractivity contribution is 0.102. The van der Waals surface area contributed by atoms with Crippen LogP contribution in [0.2, 0.25) is 0 Å². The van der Waals surface area contributed by atoms with Crippen molar-refractivity contribution in [2.75, 3.05) is 19.5 Å². The van der Waals surface area contributed by atoms with Crippen molar-refractivity contribution in [3.8, 4) is 10.7 Å². The van der Waals surface area contributed by atoms with Crippen LogP contribution in [0.3, 0.4) is 0 Å². The van der Waals surface area contributed by atoms with Gasteiger partial charge in [0, 0.05) is 24.1 Å². The molecule has 3 aromatic rings. The average molecular weight is 391 g/mol. The molecule has 0 radical (unpaired) electrons. The molecule has 0 unspecified atom stereocenters. The zero-order valence-corrected chi connectivity index (χ0v) is 16.9. The SMILES string of the molecule is COC[C@@H](C)n1c(C)cc(C(=O)CSc2n[nH]c(-c3cccs3)n2)c1C. The Bertz CT molecular complexity index is 883. The van der Waals surface area contributed by atoms with E-state index >= 15 is 0 Å². The van der Waals surface area contributed by atoms with E-state index < -0.39 is 0 Å². The summed E-state index contributed by atoms with van der Waals surface area (Å²) in [6.07, 6.45) is 0. The molecule has 1 atom stereocenters. The summed E-state index contributed by atoms with van der Waals surface area (Å²) in [5, 5.41) is 9.70. The van der Waals surface area contributed by atoms with Gasteiger partial charge in [-0.25, -0.2) is 4.98 Å². The Morgan fingerprint density at radius 3 is 2.96 bits per heavy atom. The Kier molecular flexibility index (Phi) is 5.95. The summed E-state index contributed by atoms with van der Waals surface area (Å²) in [7, 11) is 1.69.